The first-order valence-corrected chi connectivity index (χ1v) is 10.4. The van der Waals surface area contributed by atoms with E-state index >= 15 is 0 Å². The van der Waals surface area contributed by atoms with E-state index in [0.29, 0.717) is 28.3 Å². The standard InChI is InChI=1S/C21H17Cl2F3N6O/c1-10-6-17(21(23,25)26)32-18(27-10)8-16(30-32)20(33)28-19-11(2)29-31(12(19)3)9-13-4-5-14(24)7-15(13)22/h4-8H,9H2,1-3H3,(H,28,33). The van der Waals surface area contributed by atoms with Crippen molar-refractivity contribution in [2.75, 3.05) is 5.32 Å². The number of benzene rings is 1. The maximum atomic E-state index is 13.8. The molecule has 7 nitrogen and oxygen atoms in total. The smallest absolute Gasteiger partial charge is 0.317 e. The molecule has 3 aromatic heterocycles. The summed E-state index contributed by atoms with van der Waals surface area (Å²) in [5.41, 5.74) is 1.87. The lowest BCUT2D eigenvalue weighted by atomic mass is 10.2. The third-order valence-corrected chi connectivity index (χ3v) is 5.58. The number of halogens is 5. The summed E-state index contributed by atoms with van der Waals surface area (Å²) in [5, 5.41) is 7.66. The van der Waals surface area contributed by atoms with Crippen molar-refractivity contribution in [2.45, 2.75) is 32.7 Å². The summed E-state index contributed by atoms with van der Waals surface area (Å²) < 4.78 is 43.4. The van der Waals surface area contributed by atoms with E-state index in [4.69, 9.17) is 23.2 Å². The fourth-order valence-electron chi connectivity index (χ4n) is 3.43. The van der Waals surface area contributed by atoms with Crippen LogP contribution in [0.15, 0.2) is 30.3 Å². The van der Waals surface area contributed by atoms with Gasteiger partial charge in [0.05, 0.1) is 23.6 Å². The van der Waals surface area contributed by atoms with Crippen LogP contribution in [-0.4, -0.2) is 30.3 Å². The van der Waals surface area contributed by atoms with E-state index < -0.39 is 22.8 Å². The molecule has 0 fully saturated rings. The number of carbonyl (C=O) groups is 1. The van der Waals surface area contributed by atoms with E-state index in [9.17, 15) is 18.0 Å². The molecule has 4 rings (SSSR count). The lowest BCUT2D eigenvalue weighted by Crippen LogP contribution is -2.16. The van der Waals surface area contributed by atoms with Gasteiger partial charge in [0, 0.05) is 16.8 Å². The van der Waals surface area contributed by atoms with Crippen LogP contribution in [0.2, 0.25) is 5.02 Å². The molecule has 172 valence electrons. The molecule has 12 heteroatoms. The Hall–Kier alpha value is -3.11. The number of carbonyl (C=O) groups excluding carboxylic acids is 1. The van der Waals surface area contributed by atoms with E-state index in [1.54, 1.807) is 24.6 Å². The molecule has 0 radical (unpaired) electrons. The van der Waals surface area contributed by atoms with Crippen LogP contribution in [0.3, 0.4) is 0 Å². The molecule has 1 amide bonds. The van der Waals surface area contributed by atoms with Crippen LogP contribution >= 0.6 is 23.2 Å². The minimum atomic E-state index is -3.69. The summed E-state index contributed by atoms with van der Waals surface area (Å²) in [6, 6.07) is 6.47. The Morgan fingerprint density at radius 1 is 1.15 bits per heavy atom. The maximum Gasteiger partial charge on any atom is 0.364 e. The number of aryl methyl sites for hydroxylation is 2. The zero-order valence-corrected chi connectivity index (χ0v) is 19.1. The van der Waals surface area contributed by atoms with E-state index in [0.717, 1.165) is 10.6 Å². The van der Waals surface area contributed by atoms with Crippen LogP contribution in [-0.2, 0) is 11.9 Å². The van der Waals surface area contributed by atoms with Crippen molar-refractivity contribution in [2.24, 2.45) is 0 Å². The van der Waals surface area contributed by atoms with Gasteiger partial charge in [-0.2, -0.15) is 19.0 Å². The Labute approximate surface area is 196 Å². The van der Waals surface area contributed by atoms with Gasteiger partial charge in [-0.3, -0.25) is 9.48 Å². The van der Waals surface area contributed by atoms with Gasteiger partial charge in [-0.05, 0) is 56.1 Å². The Balaban J connectivity index is 1.63. The average Bonchev–Trinajstić information content (AvgIpc) is 3.25. The fraction of sp³-hybridized carbons (Fsp3) is 0.238. The lowest BCUT2D eigenvalue weighted by molar-refractivity contribution is 0.0868. The second kappa shape index (κ2) is 8.35. The molecule has 0 saturated heterocycles. The Bertz CT molecular complexity index is 1390. The summed E-state index contributed by atoms with van der Waals surface area (Å²) in [5.74, 6) is -1.08. The zero-order chi connectivity index (χ0) is 24.1. The van der Waals surface area contributed by atoms with Crippen molar-refractivity contribution >= 4 is 40.4 Å². The number of hydrogen-bond acceptors (Lipinski definition) is 4. The van der Waals surface area contributed by atoms with Crippen molar-refractivity contribution in [1.29, 1.82) is 0 Å². The summed E-state index contributed by atoms with van der Waals surface area (Å²) in [7, 11) is 0. The van der Waals surface area contributed by atoms with Gasteiger partial charge in [0.1, 0.15) is 11.5 Å². The molecule has 4 aromatic rings. The molecule has 1 N–H and O–H groups in total. The summed E-state index contributed by atoms with van der Waals surface area (Å²) in [6.45, 7) is 5.24. The zero-order valence-electron chi connectivity index (χ0n) is 17.6. The molecule has 3 heterocycles. The molecule has 0 aliphatic heterocycles. The second-order valence-electron chi connectivity index (χ2n) is 7.47. The van der Waals surface area contributed by atoms with Crippen molar-refractivity contribution in [1.82, 2.24) is 24.4 Å². The number of alkyl halides is 3. The highest BCUT2D eigenvalue weighted by atomic mass is 35.5. The van der Waals surface area contributed by atoms with Crippen LogP contribution in [0.4, 0.5) is 18.9 Å². The number of fused-ring (bicyclic) bond motifs is 1. The van der Waals surface area contributed by atoms with Gasteiger partial charge in [0.15, 0.2) is 11.3 Å². The van der Waals surface area contributed by atoms with Gasteiger partial charge in [-0.25, -0.2) is 13.9 Å². The van der Waals surface area contributed by atoms with Crippen molar-refractivity contribution in [3.05, 3.63) is 75.2 Å². The third-order valence-electron chi connectivity index (χ3n) is 5.03. The van der Waals surface area contributed by atoms with Crippen molar-refractivity contribution in [3.63, 3.8) is 0 Å². The van der Waals surface area contributed by atoms with Gasteiger partial charge in [0.2, 0.25) is 0 Å². The third kappa shape index (κ3) is 4.53. The van der Waals surface area contributed by atoms with E-state index in [1.807, 2.05) is 0 Å². The van der Waals surface area contributed by atoms with Gasteiger partial charge >= 0.3 is 5.38 Å². The molecular formula is C21H17Cl2F3N6O. The van der Waals surface area contributed by atoms with Crippen LogP contribution in [0, 0.1) is 26.6 Å². The molecule has 1 aromatic carbocycles. The molecule has 0 unspecified atom stereocenters. The predicted octanol–water partition coefficient (Wildman–Crippen LogP) is 5.23. The minimum Gasteiger partial charge on any atom is -0.317 e. The lowest BCUT2D eigenvalue weighted by Gasteiger charge is -2.10. The van der Waals surface area contributed by atoms with Crippen LogP contribution in [0.1, 0.15) is 38.8 Å². The molecule has 0 spiro atoms. The molecular weight excluding hydrogens is 480 g/mol. The highest BCUT2D eigenvalue weighted by Crippen LogP contribution is 2.33. The Kier molecular flexibility index (Phi) is 5.83. The number of hydrogen-bond donors (Lipinski definition) is 1. The maximum absolute atomic E-state index is 13.8. The normalized spacial score (nSPS) is 11.9. The quantitative estimate of drug-likeness (QED) is 0.383. The Morgan fingerprint density at radius 3 is 2.55 bits per heavy atom. The molecule has 33 heavy (non-hydrogen) atoms. The van der Waals surface area contributed by atoms with Crippen molar-refractivity contribution in [3.8, 4) is 0 Å². The Morgan fingerprint density at radius 2 is 1.88 bits per heavy atom. The largest absolute Gasteiger partial charge is 0.364 e. The van der Waals surface area contributed by atoms with Crippen LogP contribution in [0.5, 0.6) is 0 Å². The minimum absolute atomic E-state index is 0.0607. The first kappa shape index (κ1) is 23.1. The van der Waals surface area contributed by atoms with Gasteiger partial charge in [0.25, 0.3) is 5.91 Å². The van der Waals surface area contributed by atoms with E-state index in [2.05, 4.69) is 20.5 Å². The first-order valence-electron chi connectivity index (χ1n) is 9.68. The number of amides is 1. The van der Waals surface area contributed by atoms with Gasteiger partial charge < -0.3 is 5.32 Å². The molecule has 0 aliphatic carbocycles. The summed E-state index contributed by atoms with van der Waals surface area (Å²) in [4.78, 5) is 17.0. The average molecular weight is 497 g/mol. The number of aromatic nitrogens is 5. The molecule has 0 aliphatic rings. The highest BCUT2D eigenvalue weighted by molar-refractivity contribution is 6.31. The molecule has 0 atom stereocenters. The molecule has 0 saturated carbocycles. The SMILES string of the molecule is Cc1cc(C(F)(F)Cl)n2nc(C(=O)Nc3c(C)nn(Cc4ccc(F)cc4Cl)c3C)cc2n1. The monoisotopic (exact) mass is 496 g/mol. The number of rotatable bonds is 5. The van der Waals surface area contributed by atoms with Crippen LogP contribution in [0.25, 0.3) is 5.65 Å². The number of nitrogens with one attached hydrogen (secondary N) is 1. The highest BCUT2D eigenvalue weighted by Gasteiger charge is 2.33. The topological polar surface area (TPSA) is 77.1 Å². The summed E-state index contributed by atoms with van der Waals surface area (Å²) in [6.07, 6.45) is 0. The van der Waals surface area contributed by atoms with Gasteiger partial charge in [-0.15, -0.1) is 0 Å². The predicted molar refractivity (Wildman–Crippen MR) is 118 cm³/mol. The van der Waals surface area contributed by atoms with E-state index in [1.165, 1.54) is 25.1 Å². The first-order chi connectivity index (χ1) is 15.4. The summed E-state index contributed by atoms with van der Waals surface area (Å²) >= 11 is 11.3. The number of anilines is 1. The van der Waals surface area contributed by atoms with E-state index in [-0.39, 0.29) is 22.9 Å². The molecule has 0 bridgehead atoms. The number of nitrogens with zero attached hydrogens (tertiary/aromatic N) is 5. The van der Waals surface area contributed by atoms with Gasteiger partial charge in [-0.1, -0.05) is 17.7 Å². The van der Waals surface area contributed by atoms with Crippen molar-refractivity contribution < 1.29 is 18.0 Å². The second-order valence-corrected chi connectivity index (χ2v) is 8.36. The fourth-order valence-corrected chi connectivity index (χ4v) is 3.80. The van der Waals surface area contributed by atoms with Crippen LogP contribution < -0.4 is 5.32 Å².